The van der Waals surface area contributed by atoms with E-state index in [9.17, 15) is 4.21 Å². The topological polar surface area (TPSA) is 73.6 Å². The van der Waals surface area contributed by atoms with Crippen LogP contribution in [0.15, 0.2) is 66.5 Å². The lowest BCUT2D eigenvalue weighted by Gasteiger charge is -2.05. The van der Waals surface area contributed by atoms with Gasteiger partial charge in [-0.15, -0.1) is 0 Å². The zero-order chi connectivity index (χ0) is 16.5. The van der Waals surface area contributed by atoms with Crippen LogP contribution in [-0.2, 0) is 10.8 Å². The molecule has 1 unspecified atom stereocenters. The molecule has 0 bridgehead atoms. The highest BCUT2D eigenvalue weighted by molar-refractivity contribution is 7.84. The summed E-state index contributed by atoms with van der Waals surface area (Å²) in [6.45, 7) is 0. The van der Waals surface area contributed by atoms with E-state index in [1.54, 1.807) is 37.2 Å². The Bertz CT molecular complexity index is 1050. The van der Waals surface area contributed by atoms with E-state index in [1.807, 2.05) is 34.9 Å². The average Bonchev–Trinajstić information content (AvgIpc) is 3.05. The molecule has 0 aliphatic heterocycles. The second kappa shape index (κ2) is 5.93. The Labute approximate surface area is 140 Å². The number of hydrogen-bond acceptors (Lipinski definition) is 5. The van der Waals surface area contributed by atoms with Crippen molar-refractivity contribution in [2.24, 2.45) is 0 Å². The Kier molecular flexibility index (Phi) is 3.62. The van der Waals surface area contributed by atoms with Gasteiger partial charge in [0.1, 0.15) is 12.1 Å². The largest absolute Gasteiger partial charge is 0.283 e. The first-order chi connectivity index (χ1) is 11.7. The van der Waals surface area contributed by atoms with Crippen molar-refractivity contribution >= 4 is 21.8 Å². The minimum Gasteiger partial charge on any atom is -0.283 e. The number of aromatic nitrogens is 5. The van der Waals surface area contributed by atoms with Gasteiger partial charge >= 0.3 is 0 Å². The third-order valence-electron chi connectivity index (χ3n) is 3.68. The summed E-state index contributed by atoms with van der Waals surface area (Å²) in [5, 5.41) is 0.308. The number of imidazole rings is 1. The predicted molar refractivity (Wildman–Crippen MR) is 92.2 cm³/mol. The summed E-state index contributed by atoms with van der Waals surface area (Å²) >= 11 is 0. The van der Waals surface area contributed by atoms with E-state index in [0.29, 0.717) is 11.0 Å². The highest BCUT2D eigenvalue weighted by atomic mass is 32.2. The Balaban J connectivity index is 1.81. The molecule has 0 amide bonds. The maximum Gasteiger partial charge on any atom is 0.220 e. The molecule has 118 valence electrons. The molecule has 0 aliphatic carbocycles. The van der Waals surface area contributed by atoms with E-state index in [0.717, 1.165) is 22.2 Å². The van der Waals surface area contributed by atoms with Crippen LogP contribution in [0.3, 0.4) is 0 Å². The molecule has 24 heavy (non-hydrogen) atoms. The van der Waals surface area contributed by atoms with Crippen molar-refractivity contribution in [2.45, 2.75) is 5.16 Å². The van der Waals surface area contributed by atoms with Gasteiger partial charge in [-0.05, 0) is 41.5 Å². The number of pyridine rings is 1. The first-order valence-corrected chi connectivity index (χ1v) is 8.82. The number of rotatable bonds is 3. The van der Waals surface area contributed by atoms with Gasteiger partial charge in [0.2, 0.25) is 5.16 Å². The third-order valence-corrected chi connectivity index (χ3v) is 4.39. The SMILES string of the molecule is CS(=O)c1nccc(-n2cnc3cc(-c4ccncc4)ccc32)n1. The average molecular weight is 335 g/mol. The van der Waals surface area contributed by atoms with Gasteiger partial charge in [0.15, 0.2) is 0 Å². The first-order valence-electron chi connectivity index (χ1n) is 7.27. The van der Waals surface area contributed by atoms with E-state index in [4.69, 9.17) is 0 Å². The van der Waals surface area contributed by atoms with Crippen molar-refractivity contribution in [3.05, 3.63) is 61.3 Å². The quantitative estimate of drug-likeness (QED) is 0.538. The van der Waals surface area contributed by atoms with E-state index >= 15 is 0 Å². The molecule has 4 aromatic rings. The highest BCUT2D eigenvalue weighted by Gasteiger charge is 2.09. The molecule has 4 rings (SSSR count). The maximum absolute atomic E-state index is 11.6. The number of benzene rings is 1. The molecule has 0 radical (unpaired) electrons. The molecule has 6 nitrogen and oxygen atoms in total. The van der Waals surface area contributed by atoms with Gasteiger partial charge in [-0.1, -0.05) is 6.07 Å². The van der Waals surface area contributed by atoms with Crippen LogP contribution in [0.2, 0.25) is 0 Å². The molecule has 3 heterocycles. The van der Waals surface area contributed by atoms with Crippen LogP contribution in [-0.4, -0.2) is 35.0 Å². The van der Waals surface area contributed by atoms with Crippen molar-refractivity contribution in [3.63, 3.8) is 0 Å². The maximum atomic E-state index is 11.6. The summed E-state index contributed by atoms with van der Waals surface area (Å²) in [5.74, 6) is 0.648. The number of fused-ring (bicyclic) bond motifs is 1. The summed E-state index contributed by atoms with van der Waals surface area (Å²) in [6.07, 6.45) is 8.42. The van der Waals surface area contributed by atoms with Crippen molar-refractivity contribution < 1.29 is 4.21 Å². The summed E-state index contributed by atoms with van der Waals surface area (Å²) in [6, 6.07) is 11.8. The molecule has 0 fully saturated rings. The molecule has 0 saturated heterocycles. The van der Waals surface area contributed by atoms with Crippen LogP contribution in [0.5, 0.6) is 0 Å². The smallest absolute Gasteiger partial charge is 0.220 e. The number of nitrogens with zero attached hydrogens (tertiary/aromatic N) is 5. The van der Waals surface area contributed by atoms with Gasteiger partial charge in [-0.25, -0.2) is 15.0 Å². The second-order valence-electron chi connectivity index (χ2n) is 5.21. The Morgan fingerprint density at radius 1 is 0.958 bits per heavy atom. The van der Waals surface area contributed by atoms with Gasteiger partial charge < -0.3 is 0 Å². The molecule has 1 atom stereocenters. The number of hydrogen-bond donors (Lipinski definition) is 0. The van der Waals surface area contributed by atoms with Gasteiger partial charge in [0.05, 0.1) is 21.8 Å². The van der Waals surface area contributed by atoms with Crippen molar-refractivity contribution in [3.8, 4) is 16.9 Å². The molecular formula is C17H13N5OS. The zero-order valence-electron chi connectivity index (χ0n) is 12.8. The Hall–Kier alpha value is -2.93. The van der Waals surface area contributed by atoms with Crippen molar-refractivity contribution in [1.29, 1.82) is 0 Å². The molecule has 0 spiro atoms. The monoisotopic (exact) mass is 335 g/mol. The summed E-state index contributed by atoms with van der Waals surface area (Å²) in [5.41, 5.74) is 3.96. The summed E-state index contributed by atoms with van der Waals surface area (Å²) in [7, 11) is -1.23. The van der Waals surface area contributed by atoms with Crippen molar-refractivity contribution in [1.82, 2.24) is 24.5 Å². The van der Waals surface area contributed by atoms with Gasteiger partial charge in [0, 0.05) is 24.8 Å². The lowest BCUT2D eigenvalue weighted by Crippen LogP contribution is -2.02. The van der Waals surface area contributed by atoms with E-state index in [2.05, 4.69) is 19.9 Å². The predicted octanol–water partition coefficient (Wildman–Crippen LogP) is 2.61. The van der Waals surface area contributed by atoms with E-state index in [1.165, 1.54) is 0 Å². The highest BCUT2D eigenvalue weighted by Crippen LogP contribution is 2.24. The van der Waals surface area contributed by atoms with Crippen LogP contribution < -0.4 is 0 Å². The van der Waals surface area contributed by atoms with Crippen molar-refractivity contribution in [2.75, 3.05) is 6.26 Å². The Morgan fingerprint density at radius 3 is 2.58 bits per heavy atom. The van der Waals surface area contributed by atoms with Gasteiger partial charge in [-0.3, -0.25) is 13.8 Å². The fraction of sp³-hybridized carbons (Fsp3) is 0.0588. The molecule has 0 saturated carbocycles. The third kappa shape index (κ3) is 2.59. The lowest BCUT2D eigenvalue weighted by atomic mass is 10.1. The minimum absolute atomic E-state index is 0.308. The zero-order valence-corrected chi connectivity index (χ0v) is 13.6. The molecule has 3 aromatic heterocycles. The van der Waals surface area contributed by atoms with Crippen LogP contribution in [0, 0.1) is 0 Å². The summed E-state index contributed by atoms with van der Waals surface area (Å²) < 4.78 is 13.5. The molecule has 0 aliphatic rings. The molecule has 0 N–H and O–H groups in total. The lowest BCUT2D eigenvalue weighted by molar-refractivity contribution is 0.679. The summed E-state index contributed by atoms with van der Waals surface area (Å²) in [4.78, 5) is 16.9. The fourth-order valence-electron chi connectivity index (χ4n) is 2.52. The molecular weight excluding hydrogens is 322 g/mol. The standard InChI is InChI=1S/C17H13N5OS/c1-24(23)17-19-9-6-16(21-17)22-11-20-14-10-13(2-3-15(14)22)12-4-7-18-8-5-12/h2-11H,1H3. The van der Waals surface area contributed by atoms with Crippen LogP contribution >= 0.6 is 0 Å². The van der Waals surface area contributed by atoms with Crippen LogP contribution in [0.25, 0.3) is 28.0 Å². The van der Waals surface area contributed by atoms with Crippen LogP contribution in [0.1, 0.15) is 0 Å². The fourth-order valence-corrected chi connectivity index (χ4v) is 2.96. The normalized spacial score (nSPS) is 12.4. The van der Waals surface area contributed by atoms with Crippen LogP contribution in [0.4, 0.5) is 0 Å². The second-order valence-corrected chi connectivity index (χ2v) is 6.48. The minimum atomic E-state index is -1.23. The molecule has 7 heteroatoms. The van der Waals surface area contributed by atoms with E-state index < -0.39 is 10.8 Å². The molecule has 1 aromatic carbocycles. The first kappa shape index (κ1) is 14.6. The van der Waals surface area contributed by atoms with E-state index in [-0.39, 0.29) is 0 Å². The Morgan fingerprint density at radius 2 is 1.79 bits per heavy atom. The van der Waals surface area contributed by atoms with Gasteiger partial charge in [0.25, 0.3) is 0 Å². The van der Waals surface area contributed by atoms with Gasteiger partial charge in [-0.2, -0.15) is 0 Å².